The van der Waals surface area contributed by atoms with Gasteiger partial charge < -0.3 is 10.5 Å². The normalized spacial score (nSPS) is 22.4. The molecule has 0 bridgehead atoms. The van der Waals surface area contributed by atoms with Gasteiger partial charge >= 0.3 is 0 Å². The van der Waals surface area contributed by atoms with Crippen molar-refractivity contribution >= 4 is 0 Å². The highest BCUT2D eigenvalue weighted by molar-refractivity contribution is 5.39. The molecule has 0 radical (unpaired) electrons. The summed E-state index contributed by atoms with van der Waals surface area (Å²) < 4.78 is 5.89. The molecule has 114 valence electrons. The van der Waals surface area contributed by atoms with Gasteiger partial charge in [-0.1, -0.05) is 24.3 Å². The fourth-order valence-corrected chi connectivity index (χ4v) is 3.00. The van der Waals surface area contributed by atoms with Gasteiger partial charge in [-0.2, -0.15) is 0 Å². The second kappa shape index (κ2) is 8.07. The minimum absolute atomic E-state index is 0.385. The fraction of sp³-hybridized carbons (Fsp3) is 0.556. The molecular weight excluding hydrogens is 260 g/mol. The average Bonchev–Trinajstić information content (AvgIpc) is 2.49. The summed E-state index contributed by atoms with van der Waals surface area (Å²) in [5, 5.41) is 0. The van der Waals surface area contributed by atoms with Crippen LogP contribution in [0.3, 0.4) is 0 Å². The van der Waals surface area contributed by atoms with Crippen LogP contribution in [-0.4, -0.2) is 36.7 Å². The summed E-state index contributed by atoms with van der Waals surface area (Å²) in [5.41, 5.74) is 6.35. The molecule has 3 heteroatoms. The molecule has 21 heavy (non-hydrogen) atoms. The van der Waals surface area contributed by atoms with Crippen molar-refractivity contribution < 1.29 is 4.74 Å². The summed E-state index contributed by atoms with van der Waals surface area (Å²) >= 11 is 0. The topological polar surface area (TPSA) is 38.5 Å². The van der Waals surface area contributed by atoms with Crippen molar-refractivity contribution in [2.45, 2.75) is 45.2 Å². The zero-order chi connectivity index (χ0) is 15.1. The van der Waals surface area contributed by atoms with Crippen molar-refractivity contribution in [2.75, 3.05) is 19.7 Å². The highest BCUT2D eigenvalue weighted by Crippen LogP contribution is 2.22. The third kappa shape index (κ3) is 4.77. The van der Waals surface area contributed by atoms with E-state index in [0.29, 0.717) is 18.6 Å². The standard InChI is InChI=1S/C18H26N2O/c1-15-6-3-7-16(2)20(15)12-13-21-18-10-4-8-17(14-18)9-5-11-19/h4,8,10,14-16H,3,6-7,11-13,19H2,1-2H3. The minimum Gasteiger partial charge on any atom is -0.492 e. The van der Waals surface area contributed by atoms with Gasteiger partial charge in [0.25, 0.3) is 0 Å². The lowest BCUT2D eigenvalue weighted by Crippen LogP contribution is -2.45. The SMILES string of the molecule is CC1CCCC(C)N1CCOc1cccc(C#CCN)c1. The molecule has 1 aliphatic rings. The lowest BCUT2D eigenvalue weighted by Gasteiger charge is -2.38. The van der Waals surface area contributed by atoms with Crippen molar-refractivity contribution in [1.29, 1.82) is 0 Å². The van der Waals surface area contributed by atoms with Gasteiger partial charge in [0.05, 0.1) is 6.54 Å². The number of nitrogens with zero attached hydrogens (tertiary/aromatic N) is 1. The maximum Gasteiger partial charge on any atom is 0.120 e. The molecule has 3 nitrogen and oxygen atoms in total. The first-order valence-corrected chi connectivity index (χ1v) is 7.88. The Morgan fingerprint density at radius 1 is 1.29 bits per heavy atom. The van der Waals surface area contributed by atoms with Gasteiger partial charge in [-0.3, -0.25) is 4.90 Å². The van der Waals surface area contributed by atoms with E-state index in [2.05, 4.69) is 30.6 Å². The number of likely N-dealkylation sites (tertiary alicyclic amines) is 1. The van der Waals surface area contributed by atoms with Gasteiger partial charge in [0.2, 0.25) is 0 Å². The van der Waals surface area contributed by atoms with E-state index >= 15 is 0 Å². The molecule has 2 N–H and O–H groups in total. The van der Waals surface area contributed by atoms with Crippen molar-refractivity contribution in [1.82, 2.24) is 4.90 Å². The van der Waals surface area contributed by atoms with Crippen molar-refractivity contribution in [3.8, 4) is 17.6 Å². The van der Waals surface area contributed by atoms with E-state index in [1.165, 1.54) is 19.3 Å². The summed E-state index contributed by atoms with van der Waals surface area (Å²) in [6.07, 6.45) is 3.95. The zero-order valence-corrected chi connectivity index (χ0v) is 13.1. The molecule has 1 aromatic rings. The second-order valence-corrected chi connectivity index (χ2v) is 5.75. The quantitative estimate of drug-likeness (QED) is 0.865. The number of benzene rings is 1. The number of ether oxygens (including phenoxy) is 1. The average molecular weight is 286 g/mol. The van der Waals surface area contributed by atoms with Crippen LogP contribution in [0.4, 0.5) is 0 Å². The number of nitrogens with two attached hydrogens (primary N) is 1. The van der Waals surface area contributed by atoms with Crippen LogP contribution in [0.1, 0.15) is 38.7 Å². The van der Waals surface area contributed by atoms with Crippen LogP contribution in [0.2, 0.25) is 0 Å². The third-order valence-electron chi connectivity index (χ3n) is 4.16. The summed E-state index contributed by atoms with van der Waals surface area (Å²) in [5.74, 6) is 6.78. The van der Waals surface area contributed by atoms with Crippen LogP contribution < -0.4 is 10.5 Å². The second-order valence-electron chi connectivity index (χ2n) is 5.75. The highest BCUT2D eigenvalue weighted by Gasteiger charge is 2.23. The summed E-state index contributed by atoms with van der Waals surface area (Å²) in [6, 6.07) is 9.24. The molecule has 1 aromatic carbocycles. The Morgan fingerprint density at radius 3 is 2.76 bits per heavy atom. The number of hydrogen-bond donors (Lipinski definition) is 1. The fourth-order valence-electron chi connectivity index (χ4n) is 3.00. The first-order chi connectivity index (χ1) is 10.2. The maximum atomic E-state index is 5.89. The van der Waals surface area contributed by atoms with Gasteiger partial charge in [-0.05, 0) is 44.9 Å². The van der Waals surface area contributed by atoms with E-state index in [4.69, 9.17) is 10.5 Å². The van der Waals surface area contributed by atoms with E-state index in [0.717, 1.165) is 24.5 Å². The Balaban J connectivity index is 1.85. The Labute approximate surface area is 128 Å². The van der Waals surface area contributed by atoms with E-state index in [-0.39, 0.29) is 0 Å². The molecule has 0 spiro atoms. The first kappa shape index (κ1) is 15.9. The van der Waals surface area contributed by atoms with Crippen LogP contribution in [0.5, 0.6) is 5.75 Å². The van der Waals surface area contributed by atoms with E-state index in [9.17, 15) is 0 Å². The molecule has 0 saturated carbocycles. The van der Waals surface area contributed by atoms with Crippen LogP contribution in [0, 0.1) is 11.8 Å². The lowest BCUT2D eigenvalue weighted by molar-refractivity contribution is 0.0851. The Hall–Kier alpha value is -1.50. The molecular formula is C18H26N2O. The Bertz CT molecular complexity index is 493. The van der Waals surface area contributed by atoms with E-state index < -0.39 is 0 Å². The van der Waals surface area contributed by atoms with E-state index in [1.807, 2.05) is 24.3 Å². The monoisotopic (exact) mass is 286 g/mol. The maximum absolute atomic E-state index is 5.89. The van der Waals surface area contributed by atoms with Crippen LogP contribution >= 0.6 is 0 Å². The van der Waals surface area contributed by atoms with Gasteiger partial charge in [-0.25, -0.2) is 0 Å². The van der Waals surface area contributed by atoms with Crippen LogP contribution in [-0.2, 0) is 0 Å². The number of rotatable bonds is 4. The van der Waals surface area contributed by atoms with Crippen molar-refractivity contribution in [3.63, 3.8) is 0 Å². The van der Waals surface area contributed by atoms with Crippen molar-refractivity contribution in [3.05, 3.63) is 29.8 Å². The molecule has 2 atom stereocenters. The molecule has 0 aliphatic carbocycles. The van der Waals surface area contributed by atoms with Gasteiger partial charge in [0.1, 0.15) is 12.4 Å². The molecule has 1 aliphatic heterocycles. The van der Waals surface area contributed by atoms with Crippen LogP contribution in [0.15, 0.2) is 24.3 Å². The summed E-state index contributed by atoms with van der Waals surface area (Å²) in [4.78, 5) is 2.56. The molecule has 1 saturated heterocycles. The molecule has 1 fully saturated rings. The largest absolute Gasteiger partial charge is 0.492 e. The Morgan fingerprint density at radius 2 is 2.05 bits per heavy atom. The number of hydrogen-bond acceptors (Lipinski definition) is 3. The number of piperidine rings is 1. The predicted octanol–water partition coefficient (Wildman–Crippen LogP) is 2.64. The van der Waals surface area contributed by atoms with Crippen LogP contribution in [0.25, 0.3) is 0 Å². The first-order valence-electron chi connectivity index (χ1n) is 7.88. The van der Waals surface area contributed by atoms with Gasteiger partial charge in [0.15, 0.2) is 0 Å². The summed E-state index contributed by atoms with van der Waals surface area (Å²) in [6.45, 7) is 6.73. The lowest BCUT2D eigenvalue weighted by atomic mass is 9.98. The minimum atomic E-state index is 0.385. The smallest absolute Gasteiger partial charge is 0.120 e. The Kier molecular flexibility index (Phi) is 6.10. The molecule has 2 unspecified atom stereocenters. The molecule has 1 heterocycles. The predicted molar refractivity (Wildman–Crippen MR) is 87.4 cm³/mol. The zero-order valence-electron chi connectivity index (χ0n) is 13.1. The highest BCUT2D eigenvalue weighted by atomic mass is 16.5. The third-order valence-corrected chi connectivity index (χ3v) is 4.16. The molecule has 0 amide bonds. The van der Waals surface area contributed by atoms with Gasteiger partial charge in [-0.15, -0.1) is 0 Å². The summed E-state index contributed by atoms with van der Waals surface area (Å²) in [7, 11) is 0. The van der Waals surface area contributed by atoms with Crippen molar-refractivity contribution in [2.24, 2.45) is 5.73 Å². The van der Waals surface area contributed by atoms with Gasteiger partial charge in [0, 0.05) is 24.2 Å². The van der Waals surface area contributed by atoms with E-state index in [1.54, 1.807) is 0 Å². The molecule has 2 rings (SSSR count). The molecule has 0 aromatic heterocycles.